The Hall–Kier alpha value is -4.28. The molecule has 0 amide bonds. The molecule has 0 radical (unpaired) electrons. The molecule has 0 saturated heterocycles. The number of hydrogen-bond donors (Lipinski definition) is 2. The summed E-state index contributed by atoms with van der Waals surface area (Å²) in [5, 5.41) is 2.84. The Labute approximate surface area is 184 Å². The molecule has 166 valence electrons. The van der Waals surface area contributed by atoms with Crippen molar-refractivity contribution in [3.05, 3.63) is 82.7 Å². The van der Waals surface area contributed by atoms with Gasteiger partial charge in [-0.15, -0.1) is 0 Å². The maximum atomic E-state index is 14.8. The van der Waals surface area contributed by atoms with Crippen molar-refractivity contribution in [2.45, 2.75) is 19.4 Å². The third-order valence-corrected chi connectivity index (χ3v) is 5.29. The first-order valence-corrected chi connectivity index (χ1v) is 10.1. The highest BCUT2D eigenvalue weighted by Crippen LogP contribution is 2.27. The molecule has 33 heavy (non-hydrogen) atoms. The van der Waals surface area contributed by atoms with Crippen LogP contribution < -0.4 is 10.9 Å². The number of aromatic nitrogens is 6. The molecule has 3 aromatic heterocycles. The van der Waals surface area contributed by atoms with Crippen molar-refractivity contribution in [3.8, 4) is 5.69 Å². The lowest BCUT2D eigenvalue weighted by atomic mass is 10.1. The Balaban J connectivity index is 1.78. The Morgan fingerprint density at radius 1 is 1.06 bits per heavy atom. The number of halogens is 3. The fourth-order valence-electron chi connectivity index (χ4n) is 3.72. The Morgan fingerprint density at radius 3 is 2.67 bits per heavy atom. The normalized spacial score (nSPS) is 12.4. The number of aromatic amines is 1. The van der Waals surface area contributed by atoms with Crippen molar-refractivity contribution >= 4 is 27.9 Å². The third kappa shape index (κ3) is 3.37. The molecule has 2 N–H and O–H groups in total. The molecule has 1 atom stereocenters. The molecular weight excluding hydrogens is 435 g/mol. The van der Waals surface area contributed by atoms with Gasteiger partial charge in [-0.2, -0.15) is 0 Å². The summed E-state index contributed by atoms with van der Waals surface area (Å²) >= 11 is 0. The molecule has 5 aromatic rings. The maximum Gasteiger partial charge on any atom is 0.269 e. The Kier molecular flexibility index (Phi) is 5.00. The van der Waals surface area contributed by atoms with Gasteiger partial charge in [0, 0.05) is 0 Å². The average molecular weight is 451 g/mol. The lowest BCUT2D eigenvalue weighted by molar-refractivity contribution is 0.500. The molecule has 8 nitrogen and oxygen atoms in total. The molecule has 2 aromatic carbocycles. The van der Waals surface area contributed by atoms with E-state index in [-0.39, 0.29) is 22.4 Å². The zero-order valence-electron chi connectivity index (χ0n) is 17.2. The molecular formula is C22H16F3N7O. The number of rotatable bonds is 5. The van der Waals surface area contributed by atoms with Crippen LogP contribution in [-0.4, -0.2) is 29.5 Å². The van der Waals surface area contributed by atoms with Crippen LogP contribution in [-0.2, 0) is 0 Å². The van der Waals surface area contributed by atoms with E-state index in [0.29, 0.717) is 23.4 Å². The molecule has 0 fully saturated rings. The largest absolute Gasteiger partial charge is 0.358 e. The summed E-state index contributed by atoms with van der Waals surface area (Å²) in [5.41, 5.74) is -0.194. The van der Waals surface area contributed by atoms with Crippen molar-refractivity contribution in [2.24, 2.45) is 0 Å². The van der Waals surface area contributed by atoms with Crippen LogP contribution in [0.25, 0.3) is 27.8 Å². The zero-order chi connectivity index (χ0) is 23.1. The van der Waals surface area contributed by atoms with Gasteiger partial charge < -0.3 is 10.3 Å². The van der Waals surface area contributed by atoms with E-state index in [1.807, 2.05) is 6.92 Å². The quantitative estimate of drug-likeness (QED) is 0.418. The molecule has 0 aliphatic heterocycles. The first kappa shape index (κ1) is 20.6. The summed E-state index contributed by atoms with van der Waals surface area (Å²) < 4.78 is 44.3. The van der Waals surface area contributed by atoms with Gasteiger partial charge in [0.05, 0.1) is 23.6 Å². The van der Waals surface area contributed by atoms with Crippen LogP contribution in [0.1, 0.15) is 25.2 Å². The van der Waals surface area contributed by atoms with E-state index in [1.54, 1.807) is 0 Å². The fourth-order valence-corrected chi connectivity index (χ4v) is 3.72. The number of benzene rings is 2. The van der Waals surface area contributed by atoms with Crippen molar-refractivity contribution in [2.75, 3.05) is 5.32 Å². The lowest BCUT2D eigenvalue weighted by Crippen LogP contribution is -2.29. The van der Waals surface area contributed by atoms with Crippen LogP contribution in [0, 0.1) is 17.5 Å². The molecule has 0 saturated carbocycles. The van der Waals surface area contributed by atoms with E-state index in [2.05, 4.69) is 30.2 Å². The molecule has 1 unspecified atom stereocenters. The standard InChI is InChI=1S/C22H16F3N7O/c1-2-13(30-20-18-19(27-9-26-18)28-10-29-20)21-31-14-7-3-5-11(23)16(14)22(33)32(21)15-8-4-6-12(24)17(15)25/h3-10,13H,2H2,1H3,(H2,26,27,28,29,30). The Bertz CT molecular complexity index is 1560. The highest BCUT2D eigenvalue weighted by molar-refractivity contribution is 5.82. The minimum Gasteiger partial charge on any atom is -0.358 e. The first-order chi connectivity index (χ1) is 16.0. The van der Waals surface area contributed by atoms with Crippen molar-refractivity contribution in [3.63, 3.8) is 0 Å². The third-order valence-electron chi connectivity index (χ3n) is 5.29. The van der Waals surface area contributed by atoms with Gasteiger partial charge in [-0.05, 0) is 30.7 Å². The summed E-state index contributed by atoms with van der Waals surface area (Å²) in [6.45, 7) is 1.81. The van der Waals surface area contributed by atoms with Crippen LogP contribution >= 0.6 is 0 Å². The molecule has 3 heterocycles. The van der Waals surface area contributed by atoms with Crippen molar-refractivity contribution < 1.29 is 13.2 Å². The van der Waals surface area contributed by atoms with Gasteiger partial charge in [0.2, 0.25) is 0 Å². The van der Waals surface area contributed by atoms with Crippen LogP contribution in [0.4, 0.5) is 19.0 Å². The second-order valence-electron chi connectivity index (χ2n) is 7.24. The van der Waals surface area contributed by atoms with E-state index in [1.165, 1.54) is 36.9 Å². The number of H-pyrrole nitrogens is 1. The Morgan fingerprint density at radius 2 is 1.85 bits per heavy atom. The monoisotopic (exact) mass is 451 g/mol. The molecule has 0 aliphatic rings. The number of imidazole rings is 1. The maximum absolute atomic E-state index is 14.8. The van der Waals surface area contributed by atoms with E-state index >= 15 is 0 Å². The minimum atomic E-state index is -1.25. The van der Waals surface area contributed by atoms with Crippen LogP contribution in [0.2, 0.25) is 0 Å². The second-order valence-corrected chi connectivity index (χ2v) is 7.24. The van der Waals surface area contributed by atoms with Gasteiger partial charge in [0.1, 0.15) is 28.9 Å². The molecule has 11 heteroatoms. The van der Waals surface area contributed by atoms with Gasteiger partial charge in [-0.3, -0.25) is 9.36 Å². The number of nitrogens with one attached hydrogen (secondary N) is 2. The molecule has 0 aliphatic carbocycles. The van der Waals surface area contributed by atoms with Crippen molar-refractivity contribution in [1.29, 1.82) is 0 Å². The summed E-state index contributed by atoms with van der Waals surface area (Å²) in [6.07, 6.45) is 3.17. The van der Waals surface area contributed by atoms with E-state index in [0.717, 1.165) is 16.7 Å². The number of nitrogens with zero attached hydrogens (tertiary/aromatic N) is 5. The van der Waals surface area contributed by atoms with Gasteiger partial charge in [0.25, 0.3) is 5.56 Å². The summed E-state index contributed by atoms with van der Waals surface area (Å²) in [4.78, 5) is 33.2. The van der Waals surface area contributed by atoms with Gasteiger partial charge in [-0.25, -0.2) is 33.1 Å². The molecule has 0 spiro atoms. The minimum absolute atomic E-state index is 0.0624. The predicted octanol–water partition coefficient (Wildman–Crippen LogP) is 4.03. The number of anilines is 1. The van der Waals surface area contributed by atoms with E-state index in [4.69, 9.17) is 0 Å². The summed E-state index contributed by atoms with van der Waals surface area (Å²) in [6, 6.07) is 6.77. The molecule has 5 rings (SSSR count). The molecule has 0 bridgehead atoms. The van der Waals surface area contributed by atoms with E-state index in [9.17, 15) is 18.0 Å². The zero-order valence-corrected chi connectivity index (χ0v) is 17.2. The summed E-state index contributed by atoms with van der Waals surface area (Å²) in [7, 11) is 0. The fraction of sp³-hybridized carbons (Fsp3) is 0.136. The smallest absolute Gasteiger partial charge is 0.269 e. The SMILES string of the molecule is CCC(Nc1ncnc2[nH]cnc12)c1nc2cccc(F)c2c(=O)n1-c1cccc(F)c1F. The van der Waals surface area contributed by atoms with Gasteiger partial charge in [0.15, 0.2) is 23.1 Å². The number of hydrogen-bond acceptors (Lipinski definition) is 6. The van der Waals surface area contributed by atoms with Gasteiger partial charge >= 0.3 is 0 Å². The topological polar surface area (TPSA) is 101 Å². The van der Waals surface area contributed by atoms with Crippen LogP contribution in [0.5, 0.6) is 0 Å². The van der Waals surface area contributed by atoms with Gasteiger partial charge in [-0.1, -0.05) is 19.1 Å². The highest BCUT2D eigenvalue weighted by Gasteiger charge is 2.25. The first-order valence-electron chi connectivity index (χ1n) is 10.1. The highest BCUT2D eigenvalue weighted by atomic mass is 19.2. The summed E-state index contributed by atoms with van der Waals surface area (Å²) in [5.74, 6) is -2.78. The number of fused-ring (bicyclic) bond motifs is 2. The second kappa shape index (κ2) is 8.01. The van der Waals surface area contributed by atoms with Crippen LogP contribution in [0.15, 0.2) is 53.8 Å². The van der Waals surface area contributed by atoms with Crippen LogP contribution in [0.3, 0.4) is 0 Å². The van der Waals surface area contributed by atoms with Crippen molar-refractivity contribution in [1.82, 2.24) is 29.5 Å². The van der Waals surface area contributed by atoms with E-state index < -0.39 is 29.1 Å². The average Bonchev–Trinajstić information content (AvgIpc) is 3.29. The lowest BCUT2D eigenvalue weighted by Gasteiger charge is -2.22. The predicted molar refractivity (Wildman–Crippen MR) is 116 cm³/mol.